The van der Waals surface area contributed by atoms with E-state index in [0.717, 1.165) is 16.0 Å². The molecule has 2 N–H and O–H groups in total. The lowest BCUT2D eigenvalue weighted by molar-refractivity contribution is 0.622. The van der Waals surface area contributed by atoms with E-state index in [-0.39, 0.29) is 11.9 Å². The predicted molar refractivity (Wildman–Crippen MR) is 66.2 cm³/mol. The highest BCUT2D eigenvalue weighted by atomic mass is 32.1. The third kappa shape index (κ3) is 2.15. The van der Waals surface area contributed by atoms with Gasteiger partial charge in [-0.25, -0.2) is 4.39 Å². The van der Waals surface area contributed by atoms with Gasteiger partial charge in [0.2, 0.25) is 0 Å². The van der Waals surface area contributed by atoms with E-state index in [4.69, 9.17) is 5.73 Å². The molecule has 84 valence electrons. The molecule has 0 aliphatic carbocycles. The molecule has 0 spiro atoms. The summed E-state index contributed by atoms with van der Waals surface area (Å²) in [4.78, 5) is 1.10. The third-order valence-corrected chi connectivity index (χ3v) is 3.71. The molecule has 0 bridgehead atoms. The first-order valence-corrected chi connectivity index (χ1v) is 6.02. The van der Waals surface area contributed by atoms with Gasteiger partial charge in [0.25, 0.3) is 0 Å². The van der Waals surface area contributed by atoms with Crippen LogP contribution in [-0.2, 0) is 0 Å². The molecule has 0 fully saturated rings. The molecule has 16 heavy (non-hydrogen) atoms. The number of benzene rings is 1. The maximum absolute atomic E-state index is 13.3. The molecule has 2 rings (SSSR count). The Morgan fingerprint density at radius 1 is 1.25 bits per heavy atom. The molecule has 0 aliphatic heterocycles. The van der Waals surface area contributed by atoms with E-state index >= 15 is 0 Å². The zero-order chi connectivity index (χ0) is 11.7. The summed E-state index contributed by atoms with van der Waals surface area (Å²) in [5, 5.41) is 2.01. The number of thiophene rings is 1. The highest BCUT2D eigenvalue weighted by Gasteiger charge is 2.13. The summed E-state index contributed by atoms with van der Waals surface area (Å²) in [5.41, 5.74) is 9.05. The van der Waals surface area contributed by atoms with Crippen LogP contribution in [0.5, 0.6) is 0 Å². The van der Waals surface area contributed by atoms with Gasteiger partial charge in [-0.1, -0.05) is 6.07 Å². The molecule has 0 aliphatic rings. The third-order valence-electron chi connectivity index (χ3n) is 2.61. The van der Waals surface area contributed by atoms with Crippen molar-refractivity contribution in [2.24, 2.45) is 5.73 Å². The van der Waals surface area contributed by atoms with Gasteiger partial charge in [-0.2, -0.15) is 0 Å². The molecule has 0 saturated heterocycles. The second-order valence-corrected chi connectivity index (χ2v) is 4.96. The molecule has 0 radical (unpaired) electrons. The number of hydrogen-bond acceptors (Lipinski definition) is 2. The highest BCUT2D eigenvalue weighted by molar-refractivity contribution is 7.10. The summed E-state index contributed by atoms with van der Waals surface area (Å²) in [6, 6.07) is 6.77. The van der Waals surface area contributed by atoms with E-state index in [9.17, 15) is 4.39 Å². The first kappa shape index (κ1) is 11.3. The Hall–Kier alpha value is -1.19. The Kier molecular flexibility index (Phi) is 3.08. The topological polar surface area (TPSA) is 26.0 Å². The van der Waals surface area contributed by atoms with Crippen LogP contribution in [0, 0.1) is 19.7 Å². The first-order chi connectivity index (χ1) is 7.58. The van der Waals surface area contributed by atoms with Gasteiger partial charge in [0, 0.05) is 4.88 Å². The summed E-state index contributed by atoms with van der Waals surface area (Å²) in [5.74, 6) is -0.223. The van der Waals surface area contributed by atoms with Crippen LogP contribution in [0.25, 0.3) is 0 Å². The van der Waals surface area contributed by atoms with Crippen LogP contribution < -0.4 is 5.73 Å². The van der Waals surface area contributed by atoms with Gasteiger partial charge in [-0.15, -0.1) is 11.3 Å². The number of aryl methyl sites for hydroxylation is 2. The number of halogens is 1. The maximum Gasteiger partial charge on any atom is 0.123 e. The van der Waals surface area contributed by atoms with Gasteiger partial charge in [-0.05, 0) is 54.1 Å². The Morgan fingerprint density at radius 2 is 2.00 bits per heavy atom. The molecule has 0 saturated carbocycles. The molecule has 1 unspecified atom stereocenters. The fraction of sp³-hybridized carbons (Fsp3) is 0.231. The Labute approximate surface area is 98.7 Å². The lowest BCUT2D eigenvalue weighted by Gasteiger charge is -2.12. The van der Waals surface area contributed by atoms with E-state index in [0.29, 0.717) is 0 Å². The quantitative estimate of drug-likeness (QED) is 0.846. The smallest absolute Gasteiger partial charge is 0.123 e. The van der Waals surface area contributed by atoms with Crippen molar-refractivity contribution < 1.29 is 4.39 Å². The summed E-state index contributed by atoms with van der Waals surface area (Å²) < 4.78 is 13.3. The van der Waals surface area contributed by atoms with E-state index in [1.807, 2.05) is 31.4 Å². The van der Waals surface area contributed by atoms with Crippen LogP contribution in [0.3, 0.4) is 0 Å². The lowest BCUT2D eigenvalue weighted by atomic mass is 10.0. The van der Waals surface area contributed by atoms with Crippen LogP contribution in [0.15, 0.2) is 29.6 Å². The molecule has 1 aromatic carbocycles. The fourth-order valence-electron chi connectivity index (χ4n) is 1.80. The Bertz CT molecular complexity index is 484. The largest absolute Gasteiger partial charge is 0.320 e. The molecule has 1 nitrogen and oxygen atoms in total. The normalized spacial score (nSPS) is 12.8. The van der Waals surface area contributed by atoms with Crippen molar-refractivity contribution in [1.29, 1.82) is 0 Å². The standard InChI is InChI=1S/C13H14FNS/c1-8-5-10(7-11(14)6-8)12(15)13-9(2)3-4-16-13/h3-7,12H,15H2,1-2H3. The van der Waals surface area contributed by atoms with Gasteiger partial charge in [0.05, 0.1) is 6.04 Å². The molecular weight excluding hydrogens is 221 g/mol. The minimum Gasteiger partial charge on any atom is -0.320 e. The minimum atomic E-state index is -0.227. The van der Waals surface area contributed by atoms with Crippen molar-refractivity contribution in [2.45, 2.75) is 19.9 Å². The lowest BCUT2D eigenvalue weighted by Crippen LogP contribution is -2.11. The summed E-state index contributed by atoms with van der Waals surface area (Å²) >= 11 is 1.62. The molecule has 1 heterocycles. The Balaban J connectivity index is 2.41. The van der Waals surface area contributed by atoms with Crippen LogP contribution in [0.1, 0.15) is 27.6 Å². The highest BCUT2D eigenvalue weighted by Crippen LogP contribution is 2.28. The SMILES string of the molecule is Cc1cc(F)cc(C(N)c2sccc2C)c1. The number of hydrogen-bond donors (Lipinski definition) is 1. The van der Waals surface area contributed by atoms with Gasteiger partial charge < -0.3 is 5.73 Å². The van der Waals surface area contributed by atoms with Crippen molar-refractivity contribution >= 4 is 11.3 Å². The number of rotatable bonds is 2. The summed E-state index contributed by atoms with van der Waals surface area (Å²) in [6.07, 6.45) is 0. The average Bonchev–Trinajstić information content (AvgIpc) is 2.62. The summed E-state index contributed by atoms with van der Waals surface area (Å²) in [7, 11) is 0. The van der Waals surface area contributed by atoms with E-state index in [1.54, 1.807) is 11.3 Å². The molecular formula is C13H14FNS. The summed E-state index contributed by atoms with van der Waals surface area (Å²) in [6.45, 7) is 3.90. The van der Waals surface area contributed by atoms with Crippen molar-refractivity contribution in [3.8, 4) is 0 Å². The van der Waals surface area contributed by atoms with Crippen LogP contribution in [0.2, 0.25) is 0 Å². The van der Waals surface area contributed by atoms with Crippen molar-refractivity contribution in [1.82, 2.24) is 0 Å². The van der Waals surface area contributed by atoms with Crippen LogP contribution in [-0.4, -0.2) is 0 Å². The van der Waals surface area contributed by atoms with Crippen molar-refractivity contribution in [3.05, 3.63) is 57.0 Å². The van der Waals surface area contributed by atoms with Crippen LogP contribution >= 0.6 is 11.3 Å². The fourth-order valence-corrected chi connectivity index (χ4v) is 2.75. The Morgan fingerprint density at radius 3 is 2.56 bits per heavy atom. The van der Waals surface area contributed by atoms with Crippen molar-refractivity contribution in [2.75, 3.05) is 0 Å². The van der Waals surface area contributed by atoms with Gasteiger partial charge in [-0.3, -0.25) is 0 Å². The van der Waals surface area contributed by atoms with Gasteiger partial charge >= 0.3 is 0 Å². The van der Waals surface area contributed by atoms with Crippen LogP contribution in [0.4, 0.5) is 4.39 Å². The zero-order valence-corrected chi connectivity index (χ0v) is 10.1. The maximum atomic E-state index is 13.3. The predicted octanol–water partition coefficient (Wildman–Crippen LogP) is 3.55. The molecule has 2 aromatic rings. The van der Waals surface area contributed by atoms with E-state index < -0.39 is 0 Å². The second kappa shape index (κ2) is 4.36. The number of nitrogens with two attached hydrogens (primary N) is 1. The second-order valence-electron chi connectivity index (χ2n) is 4.01. The molecule has 0 amide bonds. The van der Waals surface area contributed by atoms with E-state index in [1.165, 1.54) is 17.7 Å². The zero-order valence-electron chi connectivity index (χ0n) is 9.33. The van der Waals surface area contributed by atoms with Gasteiger partial charge in [0.15, 0.2) is 0 Å². The molecule has 1 aromatic heterocycles. The molecule has 1 atom stereocenters. The average molecular weight is 235 g/mol. The minimum absolute atomic E-state index is 0.223. The van der Waals surface area contributed by atoms with Gasteiger partial charge in [0.1, 0.15) is 5.82 Å². The van der Waals surface area contributed by atoms with Crippen molar-refractivity contribution in [3.63, 3.8) is 0 Å². The van der Waals surface area contributed by atoms with E-state index in [2.05, 4.69) is 0 Å². The monoisotopic (exact) mass is 235 g/mol. The molecule has 3 heteroatoms. The first-order valence-electron chi connectivity index (χ1n) is 5.14.